The molecule has 0 radical (unpaired) electrons. The van der Waals surface area contributed by atoms with E-state index >= 15 is 0 Å². The van der Waals surface area contributed by atoms with Crippen LogP contribution in [0.5, 0.6) is 0 Å². The highest BCUT2D eigenvalue weighted by Gasteiger charge is 2.34. The second-order valence-electron chi connectivity index (χ2n) is 6.61. The summed E-state index contributed by atoms with van der Waals surface area (Å²) in [6, 6.07) is 9.05. The molecule has 0 unspecified atom stereocenters. The van der Waals surface area contributed by atoms with E-state index in [-0.39, 0.29) is 12.5 Å². The standard InChI is InChI=1S/C19H24N4O3/c1-26-12-15-5-2-6-16(11-15)17(24)22-13-19(25)7-3-10-23(14-19)18-20-8-4-9-21-18/h2,4-6,8-9,11,25H,3,7,10,12-14H2,1H3,(H,22,24)/t19-/m1/s1. The van der Waals surface area contributed by atoms with E-state index in [0.29, 0.717) is 31.1 Å². The van der Waals surface area contributed by atoms with Gasteiger partial charge >= 0.3 is 0 Å². The monoisotopic (exact) mass is 356 g/mol. The largest absolute Gasteiger partial charge is 0.386 e. The molecule has 2 heterocycles. The van der Waals surface area contributed by atoms with Crippen LogP contribution in [0.25, 0.3) is 0 Å². The topological polar surface area (TPSA) is 87.6 Å². The lowest BCUT2D eigenvalue weighted by molar-refractivity contribution is 0.0252. The first-order valence-electron chi connectivity index (χ1n) is 8.70. The van der Waals surface area contributed by atoms with Gasteiger partial charge in [0.05, 0.1) is 18.8 Å². The summed E-state index contributed by atoms with van der Waals surface area (Å²) in [5.41, 5.74) is 0.489. The Bertz CT molecular complexity index is 741. The Kier molecular flexibility index (Phi) is 5.80. The van der Waals surface area contributed by atoms with Crippen molar-refractivity contribution < 1.29 is 14.6 Å². The quantitative estimate of drug-likeness (QED) is 0.813. The summed E-state index contributed by atoms with van der Waals surface area (Å²) >= 11 is 0. The summed E-state index contributed by atoms with van der Waals surface area (Å²) in [5.74, 6) is 0.397. The minimum atomic E-state index is -1.00. The van der Waals surface area contributed by atoms with Gasteiger partial charge in [0, 0.05) is 38.2 Å². The summed E-state index contributed by atoms with van der Waals surface area (Å²) in [6.45, 7) is 1.82. The number of aromatic nitrogens is 2. The number of nitrogens with zero attached hydrogens (tertiary/aromatic N) is 3. The first kappa shape index (κ1) is 18.3. The zero-order valence-corrected chi connectivity index (χ0v) is 14.9. The minimum Gasteiger partial charge on any atom is -0.386 e. The van der Waals surface area contributed by atoms with Gasteiger partial charge in [0.15, 0.2) is 0 Å². The number of amides is 1. The average Bonchev–Trinajstić information content (AvgIpc) is 2.67. The maximum Gasteiger partial charge on any atom is 0.251 e. The van der Waals surface area contributed by atoms with Crippen molar-refractivity contribution in [1.29, 1.82) is 0 Å². The summed E-state index contributed by atoms with van der Waals surface area (Å²) in [5, 5.41) is 13.8. The van der Waals surface area contributed by atoms with E-state index in [1.165, 1.54) is 0 Å². The zero-order valence-electron chi connectivity index (χ0n) is 14.9. The smallest absolute Gasteiger partial charge is 0.251 e. The van der Waals surface area contributed by atoms with E-state index in [9.17, 15) is 9.90 Å². The van der Waals surface area contributed by atoms with Crippen LogP contribution in [-0.2, 0) is 11.3 Å². The van der Waals surface area contributed by atoms with Crippen molar-refractivity contribution in [2.24, 2.45) is 0 Å². The molecule has 7 heteroatoms. The number of ether oxygens (including phenoxy) is 1. The normalized spacial score (nSPS) is 20.0. The first-order valence-corrected chi connectivity index (χ1v) is 8.70. The molecule has 0 saturated carbocycles. The molecule has 1 atom stereocenters. The molecule has 1 fully saturated rings. The van der Waals surface area contributed by atoms with Gasteiger partial charge in [0.2, 0.25) is 5.95 Å². The Balaban J connectivity index is 1.61. The molecule has 1 aromatic carbocycles. The molecule has 138 valence electrons. The second-order valence-corrected chi connectivity index (χ2v) is 6.61. The lowest BCUT2D eigenvalue weighted by Crippen LogP contribution is -2.54. The molecule has 1 aromatic heterocycles. The van der Waals surface area contributed by atoms with Gasteiger partial charge in [-0.2, -0.15) is 0 Å². The Labute approximate surface area is 153 Å². The third kappa shape index (κ3) is 4.56. The minimum absolute atomic E-state index is 0.184. The molecule has 0 aliphatic carbocycles. The fourth-order valence-electron chi connectivity index (χ4n) is 3.20. The molecule has 1 aliphatic rings. The molecule has 0 bridgehead atoms. The molecular weight excluding hydrogens is 332 g/mol. The fraction of sp³-hybridized carbons (Fsp3) is 0.421. The van der Waals surface area contributed by atoms with Crippen LogP contribution >= 0.6 is 0 Å². The molecule has 1 amide bonds. The van der Waals surface area contributed by atoms with Gasteiger partial charge in [-0.25, -0.2) is 9.97 Å². The van der Waals surface area contributed by atoms with Crippen molar-refractivity contribution in [2.75, 3.05) is 31.6 Å². The number of aliphatic hydroxyl groups is 1. The first-order chi connectivity index (χ1) is 12.6. The zero-order chi connectivity index (χ0) is 18.4. The highest BCUT2D eigenvalue weighted by atomic mass is 16.5. The number of nitrogens with one attached hydrogen (secondary N) is 1. The van der Waals surface area contributed by atoms with Crippen LogP contribution in [0.1, 0.15) is 28.8 Å². The van der Waals surface area contributed by atoms with Gasteiger partial charge in [-0.1, -0.05) is 12.1 Å². The maximum atomic E-state index is 12.4. The van der Waals surface area contributed by atoms with Gasteiger partial charge in [-0.3, -0.25) is 4.79 Å². The van der Waals surface area contributed by atoms with Crippen molar-refractivity contribution in [3.05, 3.63) is 53.9 Å². The number of carbonyl (C=O) groups is 1. The number of piperidine rings is 1. The van der Waals surface area contributed by atoms with Crippen LogP contribution in [0.2, 0.25) is 0 Å². The van der Waals surface area contributed by atoms with E-state index in [0.717, 1.165) is 18.5 Å². The Morgan fingerprint density at radius 1 is 1.35 bits per heavy atom. The predicted octanol–water partition coefficient (Wildman–Crippen LogP) is 1.38. The highest BCUT2D eigenvalue weighted by molar-refractivity contribution is 5.94. The number of carbonyl (C=O) groups excluding carboxylic acids is 1. The van der Waals surface area contributed by atoms with E-state index in [2.05, 4.69) is 15.3 Å². The molecule has 1 saturated heterocycles. The molecule has 2 aromatic rings. The van der Waals surface area contributed by atoms with E-state index in [1.54, 1.807) is 37.7 Å². The molecule has 2 N–H and O–H groups in total. The maximum absolute atomic E-state index is 12.4. The van der Waals surface area contributed by atoms with Crippen molar-refractivity contribution in [3.63, 3.8) is 0 Å². The Morgan fingerprint density at radius 3 is 2.92 bits per heavy atom. The van der Waals surface area contributed by atoms with Crippen molar-refractivity contribution in [2.45, 2.75) is 25.0 Å². The second kappa shape index (κ2) is 8.25. The van der Waals surface area contributed by atoms with E-state index in [4.69, 9.17) is 4.74 Å². The number of hydrogen-bond acceptors (Lipinski definition) is 6. The van der Waals surface area contributed by atoms with Crippen LogP contribution < -0.4 is 10.2 Å². The lowest BCUT2D eigenvalue weighted by atomic mass is 9.92. The average molecular weight is 356 g/mol. The number of rotatable bonds is 6. The fourth-order valence-corrected chi connectivity index (χ4v) is 3.20. The summed E-state index contributed by atoms with van der Waals surface area (Å²) < 4.78 is 5.10. The number of anilines is 1. The summed E-state index contributed by atoms with van der Waals surface area (Å²) in [6.07, 6.45) is 4.81. The molecular formula is C19H24N4O3. The Morgan fingerprint density at radius 2 is 2.15 bits per heavy atom. The van der Waals surface area contributed by atoms with Crippen molar-refractivity contribution in [1.82, 2.24) is 15.3 Å². The molecule has 1 aliphatic heterocycles. The molecule has 7 nitrogen and oxygen atoms in total. The van der Waals surface area contributed by atoms with Crippen LogP contribution in [0.3, 0.4) is 0 Å². The van der Waals surface area contributed by atoms with Crippen molar-refractivity contribution >= 4 is 11.9 Å². The lowest BCUT2D eigenvalue weighted by Gasteiger charge is -2.39. The van der Waals surface area contributed by atoms with Crippen molar-refractivity contribution in [3.8, 4) is 0 Å². The van der Waals surface area contributed by atoms with E-state index in [1.807, 2.05) is 17.0 Å². The van der Waals surface area contributed by atoms with Crippen LogP contribution in [0.4, 0.5) is 5.95 Å². The van der Waals surface area contributed by atoms with Gasteiger partial charge in [-0.15, -0.1) is 0 Å². The number of hydrogen-bond donors (Lipinski definition) is 2. The third-order valence-corrected chi connectivity index (χ3v) is 4.47. The predicted molar refractivity (Wildman–Crippen MR) is 97.9 cm³/mol. The van der Waals surface area contributed by atoms with Gasteiger partial charge in [0.25, 0.3) is 5.91 Å². The van der Waals surface area contributed by atoms with Gasteiger partial charge in [0.1, 0.15) is 0 Å². The number of β-amino-alcohol motifs (C(OH)–C–C–N with tert-alkyl or cyclic N) is 1. The molecule has 26 heavy (non-hydrogen) atoms. The van der Waals surface area contributed by atoms with Crippen LogP contribution in [0.15, 0.2) is 42.7 Å². The number of methoxy groups -OCH3 is 1. The van der Waals surface area contributed by atoms with Gasteiger partial charge in [-0.05, 0) is 36.6 Å². The summed E-state index contributed by atoms with van der Waals surface area (Å²) in [7, 11) is 1.62. The third-order valence-electron chi connectivity index (χ3n) is 4.47. The van der Waals surface area contributed by atoms with Crippen LogP contribution in [-0.4, -0.2) is 53.3 Å². The van der Waals surface area contributed by atoms with Gasteiger partial charge < -0.3 is 20.1 Å². The SMILES string of the molecule is COCc1cccc(C(=O)NC[C@]2(O)CCCN(c3ncccn3)C2)c1. The Hall–Kier alpha value is -2.51. The van der Waals surface area contributed by atoms with Crippen LogP contribution in [0, 0.1) is 0 Å². The van der Waals surface area contributed by atoms with E-state index < -0.39 is 5.60 Å². The summed E-state index contributed by atoms with van der Waals surface area (Å²) in [4.78, 5) is 22.9. The molecule has 0 spiro atoms. The highest BCUT2D eigenvalue weighted by Crippen LogP contribution is 2.23. The molecule has 3 rings (SSSR count). The number of benzene rings is 1.